The standard InChI is InChI=1S/C14H19N5O2S/c1-8(2)12-15-13(21-17-12)10-5-4-6-19(7-10)14(20)11-9(3)16-18-22-11/h8,10H,4-7H2,1-3H3/t10-/m0/s1. The van der Waals surface area contributed by atoms with Crippen molar-refractivity contribution in [3.05, 3.63) is 22.3 Å². The molecule has 0 unspecified atom stereocenters. The number of nitrogens with zero attached hydrogens (tertiary/aromatic N) is 5. The summed E-state index contributed by atoms with van der Waals surface area (Å²) in [6.07, 6.45) is 1.89. The Morgan fingerprint density at radius 1 is 1.45 bits per heavy atom. The molecule has 2 aromatic heterocycles. The van der Waals surface area contributed by atoms with E-state index in [1.807, 2.05) is 25.7 Å². The number of piperidine rings is 1. The largest absolute Gasteiger partial charge is 0.339 e. The Morgan fingerprint density at radius 2 is 2.27 bits per heavy atom. The molecule has 0 radical (unpaired) electrons. The van der Waals surface area contributed by atoms with Crippen LogP contribution in [0.1, 0.15) is 65.6 Å². The van der Waals surface area contributed by atoms with Gasteiger partial charge in [0.15, 0.2) is 5.82 Å². The number of hydrogen-bond acceptors (Lipinski definition) is 7. The van der Waals surface area contributed by atoms with E-state index in [0.717, 1.165) is 36.7 Å². The molecule has 1 saturated heterocycles. The maximum Gasteiger partial charge on any atom is 0.267 e. The lowest BCUT2D eigenvalue weighted by molar-refractivity contribution is 0.0699. The summed E-state index contributed by atoms with van der Waals surface area (Å²) in [5, 5.41) is 7.93. The Hall–Kier alpha value is -1.83. The monoisotopic (exact) mass is 321 g/mol. The van der Waals surface area contributed by atoms with Crippen LogP contribution in [0.15, 0.2) is 4.52 Å². The van der Waals surface area contributed by atoms with Crippen molar-refractivity contribution in [1.82, 2.24) is 24.6 Å². The molecule has 3 rings (SSSR count). The van der Waals surface area contributed by atoms with E-state index in [9.17, 15) is 4.79 Å². The first-order valence-corrected chi connectivity index (χ1v) is 8.25. The molecule has 1 aliphatic rings. The second kappa shape index (κ2) is 6.12. The van der Waals surface area contributed by atoms with Gasteiger partial charge in [-0.1, -0.05) is 23.5 Å². The van der Waals surface area contributed by atoms with Crippen LogP contribution >= 0.6 is 11.5 Å². The molecule has 2 aromatic rings. The Labute approximate surface area is 132 Å². The fraction of sp³-hybridized carbons (Fsp3) is 0.643. The van der Waals surface area contributed by atoms with E-state index in [2.05, 4.69) is 19.7 Å². The molecule has 0 aliphatic carbocycles. The van der Waals surface area contributed by atoms with E-state index < -0.39 is 0 Å². The first kappa shape index (κ1) is 15.1. The summed E-state index contributed by atoms with van der Waals surface area (Å²) in [4.78, 5) is 19.5. The van der Waals surface area contributed by atoms with Crippen LogP contribution in [0.3, 0.4) is 0 Å². The van der Waals surface area contributed by atoms with Crippen LogP contribution in [0.25, 0.3) is 0 Å². The van der Waals surface area contributed by atoms with Gasteiger partial charge in [-0.15, -0.1) is 5.10 Å². The number of hydrogen-bond donors (Lipinski definition) is 0. The minimum atomic E-state index is 0.000739. The summed E-state index contributed by atoms with van der Waals surface area (Å²) in [7, 11) is 0. The van der Waals surface area contributed by atoms with Gasteiger partial charge in [0.2, 0.25) is 5.89 Å². The van der Waals surface area contributed by atoms with Gasteiger partial charge in [-0.2, -0.15) is 4.98 Å². The second-order valence-electron chi connectivity index (χ2n) is 5.92. The molecule has 1 fully saturated rings. The van der Waals surface area contributed by atoms with Gasteiger partial charge < -0.3 is 9.42 Å². The lowest BCUT2D eigenvalue weighted by Crippen LogP contribution is -2.39. The summed E-state index contributed by atoms with van der Waals surface area (Å²) in [6.45, 7) is 7.23. The van der Waals surface area contributed by atoms with Crippen LogP contribution in [0, 0.1) is 6.92 Å². The van der Waals surface area contributed by atoms with Gasteiger partial charge in [-0.25, -0.2) is 0 Å². The van der Waals surface area contributed by atoms with Crippen LogP contribution in [0.5, 0.6) is 0 Å². The normalized spacial score (nSPS) is 18.9. The third kappa shape index (κ3) is 2.87. The molecule has 1 atom stereocenters. The second-order valence-corrected chi connectivity index (χ2v) is 6.68. The molecule has 8 heteroatoms. The van der Waals surface area contributed by atoms with E-state index in [1.165, 1.54) is 0 Å². The maximum atomic E-state index is 12.6. The summed E-state index contributed by atoms with van der Waals surface area (Å²) in [5.41, 5.74) is 0.692. The first-order valence-electron chi connectivity index (χ1n) is 7.48. The molecule has 7 nitrogen and oxygen atoms in total. The zero-order valence-corrected chi connectivity index (χ0v) is 13.8. The van der Waals surface area contributed by atoms with E-state index in [-0.39, 0.29) is 17.7 Å². The lowest BCUT2D eigenvalue weighted by Gasteiger charge is -2.30. The maximum absolute atomic E-state index is 12.6. The van der Waals surface area contributed by atoms with Gasteiger partial charge in [-0.05, 0) is 31.3 Å². The summed E-state index contributed by atoms with van der Waals surface area (Å²) in [6, 6.07) is 0. The molecule has 1 aliphatic heterocycles. The highest BCUT2D eigenvalue weighted by Gasteiger charge is 2.30. The van der Waals surface area contributed by atoms with Crippen LogP contribution in [0.2, 0.25) is 0 Å². The van der Waals surface area contributed by atoms with E-state index >= 15 is 0 Å². The fourth-order valence-corrected chi connectivity index (χ4v) is 3.21. The molecular formula is C14H19N5O2S. The number of amides is 1. The van der Waals surface area contributed by atoms with E-state index in [4.69, 9.17) is 4.52 Å². The van der Waals surface area contributed by atoms with Crippen molar-refractivity contribution in [3.63, 3.8) is 0 Å². The van der Waals surface area contributed by atoms with Crippen LogP contribution in [-0.2, 0) is 0 Å². The molecule has 1 amide bonds. The summed E-state index contributed by atoms with van der Waals surface area (Å²) >= 11 is 1.15. The number of aryl methyl sites for hydroxylation is 1. The van der Waals surface area contributed by atoms with Gasteiger partial charge in [0.25, 0.3) is 5.91 Å². The number of carbonyl (C=O) groups is 1. The van der Waals surface area contributed by atoms with E-state index in [1.54, 1.807) is 0 Å². The zero-order chi connectivity index (χ0) is 15.7. The molecule has 0 spiro atoms. The molecule has 0 saturated carbocycles. The minimum absolute atomic E-state index is 0.000739. The molecular weight excluding hydrogens is 302 g/mol. The fourth-order valence-electron chi connectivity index (χ4n) is 2.58. The Morgan fingerprint density at radius 3 is 2.91 bits per heavy atom. The number of rotatable bonds is 3. The third-order valence-electron chi connectivity index (χ3n) is 3.88. The van der Waals surface area contributed by atoms with Crippen LogP contribution < -0.4 is 0 Å². The predicted octanol–water partition coefficient (Wildman–Crippen LogP) is 2.37. The number of carbonyl (C=O) groups excluding carboxylic acids is 1. The first-order chi connectivity index (χ1) is 10.6. The number of likely N-dealkylation sites (tertiary alicyclic amines) is 1. The smallest absolute Gasteiger partial charge is 0.267 e. The van der Waals surface area contributed by atoms with Crippen molar-refractivity contribution in [1.29, 1.82) is 0 Å². The predicted molar refractivity (Wildman–Crippen MR) is 80.9 cm³/mol. The molecule has 0 bridgehead atoms. The third-order valence-corrected chi connectivity index (χ3v) is 4.69. The topological polar surface area (TPSA) is 85.0 Å². The quantitative estimate of drug-likeness (QED) is 0.863. The Balaban J connectivity index is 1.73. The van der Waals surface area contributed by atoms with E-state index in [0.29, 0.717) is 23.0 Å². The highest BCUT2D eigenvalue weighted by atomic mass is 32.1. The highest BCUT2D eigenvalue weighted by molar-refractivity contribution is 7.07. The molecule has 3 heterocycles. The van der Waals surface area contributed by atoms with Gasteiger partial charge in [0.05, 0.1) is 11.6 Å². The zero-order valence-electron chi connectivity index (χ0n) is 12.9. The van der Waals surface area contributed by atoms with Crippen molar-refractivity contribution in [2.24, 2.45) is 0 Å². The number of aromatic nitrogens is 4. The van der Waals surface area contributed by atoms with Crippen molar-refractivity contribution < 1.29 is 9.32 Å². The van der Waals surface area contributed by atoms with Gasteiger partial charge in [-0.3, -0.25) is 4.79 Å². The summed E-state index contributed by atoms with van der Waals surface area (Å²) < 4.78 is 9.23. The van der Waals surface area contributed by atoms with Gasteiger partial charge in [0.1, 0.15) is 4.88 Å². The Bertz CT molecular complexity index is 666. The van der Waals surface area contributed by atoms with Crippen molar-refractivity contribution in [2.45, 2.75) is 45.4 Å². The molecule has 0 N–H and O–H groups in total. The average molecular weight is 321 g/mol. The van der Waals surface area contributed by atoms with Crippen molar-refractivity contribution in [3.8, 4) is 0 Å². The lowest BCUT2D eigenvalue weighted by atomic mass is 9.97. The van der Waals surface area contributed by atoms with Gasteiger partial charge >= 0.3 is 0 Å². The van der Waals surface area contributed by atoms with Crippen molar-refractivity contribution >= 4 is 17.4 Å². The molecule has 22 heavy (non-hydrogen) atoms. The molecule has 0 aromatic carbocycles. The van der Waals surface area contributed by atoms with Crippen molar-refractivity contribution in [2.75, 3.05) is 13.1 Å². The Kier molecular flexibility index (Phi) is 4.19. The van der Waals surface area contributed by atoms with Crippen LogP contribution in [0.4, 0.5) is 0 Å². The van der Waals surface area contributed by atoms with Gasteiger partial charge in [0, 0.05) is 19.0 Å². The van der Waals surface area contributed by atoms with Crippen LogP contribution in [-0.4, -0.2) is 43.6 Å². The SMILES string of the molecule is Cc1nnsc1C(=O)N1CCC[C@H](c2nc(C(C)C)no2)C1. The average Bonchev–Trinajstić information content (AvgIpc) is 3.15. The molecule has 118 valence electrons. The minimum Gasteiger partial charge on any atom is -0.339 e. The highest BCUT2D eigenvalue weighted by Crippen LogP contribution is 2.28. The summed E-state index contributed by atoms with van der Waals surface area (Å²) in [5.74, 6) is 1.71.